The van der Waals surface area contributed by atoms with Crippen LogP contribution in [0.25, 0.3) is 0 Å². The molecule has 0 radical (unpaired) electrons. The third-order valence-electron chi connectivity index (χ3n) is 3.10. The number of rotatable bonds is 4. The Morgan fingerprint density at radius 3 is 2.38 bits per heavy atom. The number of ether oxygens (including phenoxy) is 1. The molecule has 0 aromatic rings. The van der Waals surface area contributed by atoms with Crippen LogP contribution in [-0.4, -0.2) is 26.3 Å². The van der Waals surface area contributed by atoms with E-state index in [-0.39, 0.29) is 0 Å². The van der Waals surface area contributed by atoms with Crippen LogP contribution in [-0.2, 0) is 4.74 Å². The zero-order valence-corrected chi connectivity index (χ0v) is 9.18. The third kappa shape index (κ3) is 3.65. The van der Waals surface area contributed by atoms with E-state index in [9.17, 15) is 0 Å². The molecule has 1 heterocycles. The largest absolute Gasteiger partial charge is 0.381 e. The molecule has 1 saturated heterocycles. The summed E-state index contributed by atoms with van der Waals surface area (Å²) in [6.45, 7) is 6.53. The smallest absolute Gasteiger partial charge is 0.0468 e. The summed E-state index contributed by atoms with van der Waals surface area (Å²) in [6, 6.07) is 0.683. The topological polar surface area (TPSA) is 21.3 Å². The van der Waals surface area contributed by atoms with Crippen LogP contribution in [0.3, 0.4) is 0 Å². The standard InChI is InChI=1S/C11H23NO/c1-9(2)11(12-3)8-10-4-6-13-7-5-10/h9-12H,4-8H2,1-3H3. The van der Waals surface area contributed by atoms with E-state index in [1.165, 1.54) is 19.3 Å². The summed E-state index contributed by atoms with van der Waals surface area (Å²) in [5.74, 6) is 1.63. The molecule has 1 N–H and O–H groups in total. The molecule has 1 aliphatic heterocycles. The average Bonchev–Trinajstić information content (AvgIpc) is 2.15. The summed E-state index contributed by atoms with van der Waals surface area (Å²) in [6.07, 6.45) is 3.83. The second-order valence-electron chi connectivity index (χ2n) is 4.43. The van der Waals surface area contributed by atoms with Gasteiger partial charge >= 0.3 is 0 Å². The van der Waals surface area contributed by atoms with Crippen molar-refractivity contribution in [1.82, 2.24) is 5.32 Å². The Bertz CT molecular complexity index is 130. The van der Waals surface area contributed by atoms with Crippen LogP contribution in [0.4, 0.5) is 0 Å². The van der Waals surface area contributed by atoms with E-state index in [1.54, 1.807) is 0 Å². The van der Waals surface area contributed by atoms with Gasteiger partial charge in [0.1, 0.15) is 0 Å². The van der Waals surface area contributed by atoms with Gasteiger partial charge in [-0.3, -0.25) is 0 Å². The fourth-order valence-electron chi connectivity index (χ4n) is 2.06. The molecule has 2 nitrogen and oxygen atoms in total. The van der Waals surface area contributed by atoms with E-state index in [0.29, 0.717) is 6.04 Å². The lowest BCUT2D eigenvalue weighted by atomic mass is 9.88. The van der Waals surface area contributed by atoms with Crippen LogP contribution in [0.2, 0.25) is 0 Å². The van der Waals surface area contributed by atoms with Gasteiger partial charge in [-0.1, -0.05) is 13.8 Å². The maximum absolute atomic E-state index is 5.35. The zero-order chi connectivity index (χ0) is 9.68. The van der Waals surface area contributed by atoms with Crippen LogP contribution in [0.1, 0.15) is 33.1 Å². The highest BCUT2D eigenvalue weighted by molar-refractivity contribution is 4.74. The molecule has 78 valence electrons. The van der Waals surface area contributed by atoms with Crippen LogP contribution in [0.15, 0.2) is 0 Å². The van der Waals surface area contributed by atoms with E-state index in [1.807, 2.05) is 0 Å². The van der Waals surface area contributed by atoms with E-state index in [2.05, 4.69) is 26.2 Å². The van der Waals surface area contributed by atoms with E-state index < -0.39 is 0 Å². The first-order chi connectivity index (χ1) is 6.24. The van der Waals surface area contributed by atoms with Crippen molar-refractivity contribution in [3.8, 4) is 0 Å². The van der Waals surface area contributed by atoms with Gasteiger partial charge in [0.2, 0.25) is 0 Å². The van der Waals surface area contributed by atoms with Gasteiger partial charge in [-0.15, -0.1) is 0 Å². The van der Waals surface area contributed by atoms with Crippen LogP contribution in [0.5, 0.6) is 0 Å². The fourth-order valence-corrected chi connectivity index (χ4v) is 2.06. The molecule has 0 spiro atoms. The first kappa shape index (κ1) is 11.0. The van der Waals surface area contributed by atoms with Crippen LogP contribution >= 0.6 is 0 Å². The molecule has 0 aromatic carbocycles. The monoisotopic (exact) mass is 185 g/mol. The molecule has 1 rings (SSSR count). The minimum absolute atomic E-state index is 0.683. The van der Waals surface area contributed by atoms with Crippen molar-refractivity contribution in [3.63, 3.8) is 0 Å². The third-order valence-corrected chi connectivity index (χ3v) is 3.10. The normalized spacial score (nSPS) is 22.2. The van der Waals surface area contributed by atoms with Gasteiger partial charge in [0, 0.05) is 19.3 Å². The van der Waals surface area contributed by atoms with Crippen molar-refractivity contribution in [1.29, 1.82) is 0 Å². The van der Waals surface area contributed by atoms with Crippen molar-refractivity contribution in [2.45, 2.75) is 39.2 Å². The molecule has 1 unspecified atom stereocenters. The minimum Gasteiger partial charge on any atom is -0.381 e. The van der Waals surface area contributed by atoms with Gasteiger partial charge in [0.15, 0.2) is 0 Å². The van der Waals surface area contributed by atoms with Gasteiger partial charge < -0.3 is 10.1 Å². The maximum atomic E-state index is 5.35. The molecule has 13 heavy (non-hydrogen) atoms. The van der Waals surface area contributed by atoms with E-state index in [4.69, 9.17) is 4.74 Å². The van der Waals surface area contributed by atoms with Gasteiger partial charge in [-0.05, 0) is 38.1 Å². The number of hydrogen-bond donors (Lipinski definition) is 1. The van der Waals surface area contributed by atoms with Gasteiger partial charge in [0.05, 0.1) is 0 Å². The molecule has 1 atom stereocenters. The van der Waals surface area contributed by atoms with E-state index in [0.717, 1.165) is 25.0 Å². The van der Waals surface area contributed by atoms with Gasteiger partial charge in [-0.25, -0.2) is 0 Å². The van der Waals surface area contributed by atoms with Crippen LogP contribution < -0.4 is 5.32 Å². The Morgan fingerprint density at radius 2 is 1.92 bits per heavy atom. The molecule has 2 heteroatoms. The lowest BCUT2D eigenvalue weighted by Crippen LogP contribution is -2.34. The van der Waals surface area contributed by atoms with Gasteiger partial charge in [-0.2, -0.15) is 0 Å². The van der Waals surface area contributed by atoms with Crippen molar-refractivity contribution in [3.05, 3.63) is 0 Å². The lowest BCUT2D eigenvalue weighted by Gasteiger charge is -2.28. The van der Waals surface area contributed by atoms with Crippen molar-refractivity contribution < 1.29 is 4.74 Å². The Balaban J connectivity index is 2.27. The molecule has 0 saturated carbocycles. The number of nitrogens with one attached hydrogen (secondary N) is 1. The molecular formula is C11H23NO. The highest BCUT2D eigenvalue weighted by atomic mass is 16.5. The molecule has 0 aliphatic carbocycles. The summed E-state index contributed by atoms with van der Waals surface area (Å²) in [4.78, 5) is 0. The number of hydrogen-bond acceptors (Lipinski definition) is 2. The zero-order valence-electron chi connectivity index (χ0n) is 9.18. The van der Waals surface area contributed by atoms with E-state index >= 15 is 0 Å². The molecule has 0 bridgehead atoms. The summed E-state index contributed by atoms with van der Waals surface area (Å²) in [5, 5.41) is 3.41. The summed E-state index contributed by atoms with van der Waals surface area (Å²) >= 11 is 0. The predicted octanol–water partition coefficient (Wildman–Crippen LogP) is 2.05. The maximum Gasteiger partial charge on any atom is 0.0468 e. The summed E-state index contributed by atoms with van der Waals surface area (Å²) in [5.41, 5.74) is 0. The van der Waals surface area contributed by atoms with Crippen molar-refractivity contribution >= 4 is 0 Å². The Labute approximate surface area is 82.0 Å². The molecule has 0 amide bonds. The second-order valence-corrected chi connectivity index (χ2v) is 4.43. The highest BCUT2D eigenvalue weighted by Crippen LogP contribution is 2.22. The molecule has 1 aliphatic rings. The second kappa shape index (κ2) is 5.61. The Kier molecular flexibility index (Phi) is 4.74. The summed E-state index contributed by atoms with van der Waals surface area (Å²) < 4.78 is 5.35. The Morgan fingerprint density at radius 1 is 1.31 bits per heavy atom. The first-order valence-corrected chi connectivity index (χ1v) is 5.49. The highest BCUT2D eigenvalue weighted by Gasteiger charge is 2.19. The quantitative estimate of drug-likeness (QED) is 0.723. The van der Waals surface area contributed by atoms with Crippen molar-refractivity contribution in [2.75, 3.05) is 20.3 Å². The summed E-state index contributed by atoms with van der Waals surface area (Å²) in [7, 11) is 2.07. The van der Waals surface area contributed by atoms with Crippen LogP contribution in [0, 0.1) is 11.8 Å². The van der Waals surface area contributed by atoms with Gasteiger partial charge in [0.25, 0.3) is 0 Å². The molecule has 0 aromatic heterocycles. The first-order valence-electron chi connectivity index (χ1n) is 5.49. The fraction of sp³-hybridized carbons (Fsp3) is 1.00. The SMILES string of the molecule is CNC(CC1CCOCC1)C(C)C. The lowest BCUT2D eigenvalue weighted by molar-refractivity contribution is 0.0590. The van der Waals surface area contributed by atoms with Crippen molar-refractivity contribution in [2.24, 2.45) is 11.8 Å². The molecular weight excluding hydrogens is 162 g/mol. The predicted molar refractivity (Wildman–Crippen MR) is 55.8 cm³/mol. The Hall–Kier alpha value is -0.0800. The minimum atomic E-state index is 0.683. The average molecular weight is 185 g/mol. The molecule has 1 fully saturated rings.